The number of carbonyl (C=O) groups is 2. The lowest BCUT2D eigenvalue weighted by atomic mass is 9.95. The van der Waals surface area contributed by atoms with Crippen molar-refractivity contribution in [3.8, 4) is 0 Å². The summed E-state index contributed by atoms with van der Waals surface area (Å²) in [7, 11) is 0. The first-order chi connectivity index (χ1) is 15.2. The molecule has 0 bridgehead atoms. The normalized spacial score (nSPS) is 15.5. The van der Waals surface area contributed by atoms with E-state index in [1.165, 1.54) is 12.1 Å². The van der Waals surface area contributed by atoms with Crippen LogP contribution in [0.2, 0.25) is 0 Å². The van der Waals surface area contributed by atoms with Gasteiger partial charge in [-0.3, -0.25) is 14.4 Å². The lowest BCUT2D eigenvalue weighted by molar-refractivity contribution is -0.137. The minimum Gasteiger partial charge on any atom is -0.352 e. The van der Waals surface area contributed by atoms with E-state index in [4.69, 9.17) is 0 Å². The van der Waals surface area contributed by atoms with Crippen LogP contribution in [0.1, 0.15) is 46.3 Å². The highest BCUT2D eigenvalue weighted by atomic mass is 19.4. The molecule has 2 aromatic carbocycles. The highest BCUT2D eigenvalue weighted by Crippen LogP contribution is 2.35. The number of hydrogen-bond acceptors (Lipinski definition) is 3. The zero-order valence-corrected chi connectivity index (χ0v) is 17.1. The Labute approximate surface area is 180 Å². The van der Waals surface area contributed by atoms with E-state index in [9.17, 15) is 27.6 Å². The third-order valence-corrected chi connectivity index (χ3v) is 5.61. The number of nitrogens with one attached hydrogen (secondary N) is 3. The first-order valence-electron chi connectivity index (χ1n) is 10.1. The molecule has 1 aliphatic heterocycles. The standard InChI is InChI=1S/C23H20F3N3O3/c1-2-12-3-6-18-16(9-12)15(21(31)28-18)7-8-27-20(30)17-10-13-4-5-14(23(24,25)26)11-19(13)29-22(17)32/h3-6,9-11,15H,2,7-8H2,1H3,(H,27,30)(H,28,31)(H,29,32). The number of carbonyl (C=O) groups excluding carboxylic acids is 2. The number of aromatic amines is 1. The summed E-state index contributed by atoms with van der Waals surface area (Å²) >= 11 is 0. The van der Waals surface area contributed by atoms with Gasteiger partial charge in [0.25, 0.3) is 11.5 Å². The molecule has 6 nitrogen and oxygen atoms in total. The van der Waals surface area contributed by atoms with Gasteiger partial charge in [-0.05, 0) is 53.6 Å². The van der Waals surface area contributed by atoms with Gasteiger partial charge >= 0.3 is 6.18 Å². The molecule has 9 heteroatoms. The van der Waals surface area contributed by atoms with E-state index in [-0.39, 0.29) is 23.5 Å². The molecule has 0 spiro atoms. The lowest BCUT2D eigenvalue weighted by Crippen LogP contribution is -2.31. The van der Waals surface area contributed by atoms with Crippen molar-refractivity contribution in [2.45, 2.75) is 31.9 Å². The van der Waals surface area contributed by atoms with Gasteiger partial charge in [-0.1, -0.05) is 25.1 Å². The van der Waals surface area contributed by atoms with Crippen LogP contribution in [0, 0.1) is 0 Å². The van der Waals surface area contributed by atoms with E-state index in [2.05, 4.69) is 15.6 Å². The predicted octanol–water partition coefficient (Wildman–Crippen LogP) is 3.97. The van der Waals surface area contributed by atoms with Crippen molar-refractivity contribution >= 4 is 28.4 Å². The summed E-state index contributed by atoms with van der Waals surface area (Å²) < 4.78 is 38.6. The van der Waals surface area contributed by atoms with Gasteiger partial charge in [0, 0.05) is 17.7 Å². The SMILES string of the molecule is CCc1ccc2c(c1)C(CCNC(=O)c1cc3ccc(C(F)(F)F)cc3[nH]c1=O)C(=O)N2. The molecule has 0 saturated heterocycles. The zero-order valence-electron chi connectivity index (χ0n) is 17.1. The number of halogens is 3. The highest BCUT2D eigenvalue weighted by molar-refractivity contribution is 6.03. The molecule has 0 aliphatic carbocycles. The molecule has 0 fully saturated rings. The Bertz CT molecular complexity index is 1280. The largest absolute Gasteiger partial charge is 0.416 e. The maximum absolute atomic E-state index is 12.9. The maximum Gasteiger partial charge on any atom is 0.416 e. The number of alkyl halides is 3. The van der Waals surface area contributed by atoms with Gasteiger partial charge in [-0.15, -0.1) is 0 Å². The number of amides is 2. The number of pyridine rings is 1. The molecule has 4 rings (SSSR count). The average Bonchev–Trinajstić information content (AvgIpc) is 3.06. The summed E-state index contributed by atoms with van der Waals surface area (Å²) in [4.78, 5) is 39.5. The zero-order chi connectivity index (χ0) is 23.0. The van der Waals surface area contributed by atoms with Gasteiger partial charge < -0.3 is 15.6 Å². The van der Waals surface area contributed by atoms with Crippen LogP contribution in [0.4, 0.5) is 18.9 Å². The Hall–Kier alpha value is -3.62. The van der Waals surface area contributed by atoms with Crippen LogP contribution in [-0.4, -0.2) is 23.3 Å². The van der Waals surface area contributed by atoms with E-state index in [1.54, 1.807) is 0 Å². The van der Waals surface area contributed by atoms with E-state index in [1.807, 2.05) is 25.1 Å². The summed E-state index contributed by atoms with van der Waals surface area (Å²) in [6, 6.07) is 9.98. The van der Waals surface area contributed by atoms with Gasteiger partial charge in [0.15, 0.2) is 0 Å². The number of anilines is 1. The Balaban J connectivity index is 1.47. The molecular weight excluding hydrogens is 423 g/mol. The van der Waals surface area contributed by atoms with Gasteiger partial charge in [0.2, 0.25) is 5.91 Å². The Morgan fingerprint density at radius 3 is 2.59 bits per heavy atom. The van der Waals surface area contributed by atoms with E-state index < -0.39 is 29.1 Å². The van der Waals surface area contributed by atoms with E-state index in [0.717, 1.165) is 35.4 Å². The monoisotopic (exact) mass is 443 g/mol. The fourth-order valence-corrected chi connectivity index (χ4v) is 3.85. The van der Waals surface area contributed by atoms with Crippen molar-refractivity contribution in [2.24, 2.45) is 0 Å². The van der Waals surface area contributed by atoms with Gasteiger partial charge in [0.05, 0.1) is 11.5 Å². The molecule has 3 aromatic rings. The smallest absolute Gasteiger partial charge is 0.352 e. The molecule has 0 radical (unpaired) electrons. The molecule has 2 heterocycles. The van der Waals surface area contributed by atoms with Crippen LogP contribution >= 0.6 is 0 Å². The quantitative estimate of drug-likeness (QED) is 0.557. The van der Waals surface area contributed by atoms with Gasteiger partial charge in [0.1, 0.15) is 5.56 Å². The average molecular weight is 443 g/mol. The molecule has 1 atom stereocenters. The predicted molar refractivity (Wildman–Crippen MR) is 114 cm³/mol. The number of H-pyrrole nitrogens is 1. The third kappa shape index (κ3) is 4.10. The fourth-order valence-electron chi connectivity index (χ4n) is 3.85. The van der Waals surface area contributed by atoms with Crippen LogP contribution in [0.15, 0.2) is 47.3 Å². The fraction of sp³-hybridized carbons (Fsp3) is 0.261. The minimum absolute atomic E-state index is 0.00710. The van der Waals surface area contributed by atoms with E-state index >= 15 is 0 Å². The molecule has 1 aromatic heterocycles. The Kier molecular flexibility index (Phi) is 5.50. The topological polar surface area (TPSA) is 91.1 Å². The minimum atomic E-state index is -4.54. The lowest BCUT2D eigenvalue weighted by Gasteiger charge is -2.11. The van der Waals surface area contributed by atoms with Crippen molar-refractivity contribution in [1.82, 2.24) is 10.3 Å². The molecule has 3 N–H and O–H groups in total. The summed E-state index contributed by atoms with van der Waals surface area (Å²) in [5.41, 5.74) is 0.852. The molecule has 0 saturated carbocycles. The molecule has 2 amide bonds. The second kappa shape index (κ2) is 8.14. The number of aromatic nitrogens is 1. The van der Waals surface area contributed by atoms with Crippen molar-refractivity contribution in [3.05, 3.63) is 75.1 Å². The summed E-state index contributed by atoms with van der Waals surface area (Å²) in [6.07, 6.45) is -3.36. The van der Waals surface area contributed by atoms with Crippen LogP contribution < -0.4 is 16.2 Å². The molecule has 166 valence electrons. The third-order valence-electron chi connectivity index (χ3n) is 5.61. The van der Waals surface area contributed by atoms with Crippen molar-refractivity contribution in [3.63, 3.8) is 0 Å². The number of aryl methyl sites for hydroxylation is 1. The van der Waals surface area contributed by atoms with Crippen LogP contribution in [-0.2, 0) is 17.4 Å². The van der Waals surface area contributed by atoms with Crippen LogP contribution in [0.5, 0.6) is 0 Å². The van der Waals surface area contributed by atoms with E-state index in [0.29, 0.717) is 11.8 Å². The van der Waals surface area contributed by atoms with Crippen molar-refractivity contribution < 1.29 is 22.8 Å². The van der Waals surface area contributed by atoms with Crippen molar-refractivity contribution in [2.75, 3.05) is 11.9 Å². The van der Waals surface area contributed by atoms with Gasteiger partial charge in [-0.2, -0.15) is 13.2 Å². The molecule has 1 unspecified atom stereocenters. The first kappa shape index (κ1) is 21.6. The highest BCUT2D eigenvalue weighted by Gasteiger charge is 2.31. The second-order valence-electron chi connectivity index (χ2n) is 7.67. The first-order valence-corrected chi connectivity index (χ1v) is 10.1. The summed E-state index contributed by atoms with van der Waals surface area (Å²) in [6.45, 7) is 2.17. The van der Waals surface area contributed by atoms with Gasteiger partial charge in [-0.25, -0.2) is 0 Å². The number of hydrogen-bond donors (Lipinski definition) is 3. The number of fused-ring (bicyclic) bond motifs is 2. The number of benzene rings is 2. The maximum atomic E-state index is 12.9. The Morgan fingerprint density at radius 1 is 1.09 bits per heavy atom. The Morgan fingerprint density at radius 2 is 1.88 bits per heavy atom. The molecule has 32 heavy (non-hydrogen) atoms. The van der Waals surface area contributed by atoms with Crippen LogP contribution in [0.3, 0.4) is 0 Å². The summed E-state index contributed by atoms with van der Waals surface area (Å²) in [5, 5.41) is 5.76. The molecule has 1 aliphatic rings. The van der Waals surface area contributed by atoms with Crippen LogP contribution in [0.25, 0.3) is 10.9 Å². The van der Waals surface area contributed by atoms with Crippen molar-refractivity contribution in [1.29, 1.82) is 0 Å². The number of rotatable bonds is 5. The second-order valence-corrected chi connectivity index (χ2v) is 7.67. The summed E-state index contributed by atoms with van der Waals surface area (Å²) in [5.74, 6) is -1.21. The molecular formula is C23H20F3N3O3.